The lowest BCUT2D eigenvalue weighted by Gasteiger charge is -2.45. The monoisotopic (exact) mass is 324 g/mol. The van der Waals surface area contributed by atoms with Gasteiger partial charge in [-0.3, -0.25) is 0 Å². The second-order valence-electron chi connectivity index (χ2n) is 9.32. The summed E-state index contributed by atoms with van der Waals surface area (Å²) < 4.78 is 0. The average Bonchev–Trinajstić information content (AvgIpc) is 3.02. The van der Waals surface area contributed by atoms with E-state index in [0.717, 1.165) is 46.6 Å². The maximum atomic E-state index is 2.73. The third kappa shape index (κ3) is 2.38. The summed E-state index contributed by atoms with van der Waals surface area (Å²) in [6, 6.07) is 0. The van der Waals surface area contributed by atoms with E-state index in [4.69, 9.17) is 0 Å². The van der Waals surface area contributed by atoms with Crippen LogP contribution in [0.4, 0.5) is 0 Å². The van der Waals surface area contributed by atoms with E-state index in [9.17, 15) is 0 Å². The van der Waals surface area contributed by atoms with E-state index < -0.39 is 8.07 Å². The fraction of sp³-hybridized carbons (Fsp3) is 0.636. The SMILES string of the molecule is C[C@@H]1CC2C=CC=CC2C1[Si](C)(C)[C@H]1C2C=CC=CC2C[C@@H]1C. The first-order valence-electron chi connectivity index (χ1n) is 9.70. The van der Waals surface area contributed by atoms with Gasteiger partial charge in [0.15, 0.2) is 0 Å². The van der Waals surface area contributed by atoms with Gasteiger partial charge in [-0.05, 0) is 59.4 Å². The largest absolute Gasteiger partial charge is 0.0808 e. The Bertz CT molecular complexity index is 529. The molecule has 1 heteroatoms. The van der Waals surface area contributed by atoms with Gasteiger partial charge in [-0.2, -0.15) is 0 Å². The van der Waals surface area contributed by atoms with Gasteiger partial charge in [0.25, 0.3) is 0 Å². The normalized spacial score (nSPS) is 47.8. The first-order valence-corrected chi connectivity index (χ1v) is 12.9. The van der Waals surface area contributed by atoms with Gasteiger partial charge in [-0.1, -0.05) is 75.5 Å². The molecule has 0 saturated heterocycles. The zero-order valence-electron chi connectivity index (χ0n) is 15.2. The Kier molecular flexibility index (Phi) is 3.83. The molecule has 0 amide bonds. The van der Waals surface area contributed by atoms with Crippen molar-refractivity contribution in [1.82, 2.24) is 0 Å². The van der Waals surface area contributed by atoms with Crippen molar-refractivity contribution in [3.05, 3.63) is 48.6 Å². The Morgan fingerprint density at radius 1 is 0.652 bits per heavy atom. The van der Waals surface area contributed by atoms with Crippen LogP contribution in [0.1, 0.15) is 26.7 Å². The van der Waals surface area contributed by atoms with Crippen molar-refractivity contribution in [2.45, 2.75) is 50.9 Å². The second-order valence-corrected chi connectivity index (χ2v) is 14.3. The zero-order valence-corrected chi connectivity index (χ0v) is 16.2. The van der Waals surface area contributed by atoms with Gasteiger partial charge in [0, 0.05) is 0 Å². The van der Waals surface area contributed by atoms with E-state index in [1.807, 2.05) is 0 Å². The first kappa shape index (κ1) is 15.7. The summed E-state index contributed by atoms with van der Waals surface area (Å²) in [4.78, 5) is 0. The molecule has 0 bridgehead atoms. The van der Waals surface area contributed by atoms with Gasteiger partial charge in [0.05, 0.1) is 8.07 Å². The molecular formula is C22H32Si. The summed E-state index contributed by atoms with van der Waals surface area (Å²) in [5.41, 5.74) is 1.92. The molecule has 0 aromatic rings. The fourth-order valence-electron chi connectivity index (χ4n) is 7.18. The average molecular weight is 325 g/mol. The summed E-state index contributed by atoms with van der Waals surface area (Å²) >= 11 is 0. The molecular weight excluding hydrogens is 292 g/mol. The predicted octanol–water partition coefficient (Wildman–Crippen LogP) is 6.23. The van der Waals surface area contributed by atoms with E-state index >= 15 is 0 Å². The smallest absolute Gasteiger partial charge is 0.0553 e. The quantitative estimate of drug-likeness (QED) is 0.528. The zero-order chi connectivity index (χ0) is 16.2. The molecule has 0 aliphatic heterocycles. The van der Waals surface area contributed by atoms with Crippen LogP contribution in [0.2, 0.25) is 24.2 Å². The molecule has 0 N–H and O–H groups in total. The van der Waals surface area contributed by atoms with Crippen LogP contribution in [0.25, 0.3) is 0 Å². The number of fused-ring (bicyclic) bond motifs is 2. The van der Waals surface area contributed by atoms with Gasteiger partial charge in [0.2, 0.25) is 0 Å². The molecule has 0 aromatic carbocycles. The molecule has 0 radical (unpaired) electrons. The van der Waals surface area contributed by atoms with Crippen LogP contribution in [0, 0.1) is 35.5 Å². The van der Waals surface area contributed by atoms with Gasteiger partial charge in [0.1, 0.15) is 0 Å². The third-order valence-corrected chi connectivity index (χ3v) is 13.0. The van der Waals surface area contributed by atoms with E-state index in [1.165, 1.54) is 12.8 Å². The molecule has 4 aliphatic rings. The Balaban J connectivity index is 1.67. The maximum absolute atomic E-state index is 2.73. The predicted molar refractivity (Wildman–Crippen MR) is 103 cm³/mol. The Morgan fingerprint density at radius 2 is 1.04 bits per heavy atom. The van der Waals surface area contributed by atoms with Crippen LogP contribution < -0.4 is 0 Å². The molecule has 124 valence electrons. The fourth-order valence-corrected chi connectivity index (χ4v) is 13.5. The van der Waals surface area contributed by atoms with Crippen LogP contribution in [-0.2, 0) is 0 Å². The van der Waals surface area contributed by atoms with E-state index in [1.54, 1.807) is 0 Å². The Morgan fingerprint density at radius 3 is 1.48 bits per heavy atom. The number of hydrogen-bond acceptors (Lipinski definition) is 0. The lowest BCUT2D eigenvalue weighted by Crippen LogP contribution is -2.45. The van der Waals surface area contributed by atoms with Crippen LogP contribution in [0.3, 0.4) is 0 Å². The van der Waals surface area contributed by atoms with E-state index in [-0.39, 0.29) is 0 Å². The standard InChI is InChI=1S/C22H32Si/c1-15-13-17-9-5-7-11-19(17)21(15)23(3,4)22-16(2)14-18-10-6-8-12-20(18)22/h5-12,15-22H,13-14H2,1-4H3/t15-,16+,17?,18?,19?,20?,21+,22?/m0/s1. The lowest BCUT2D eigenvalue weighted by atomic mass is 9.91. The topological polar surface area (TPSA) is 0 Å². The van der Waals surface area contributed by atoms with E-state index in [0.29, 0.717) is 0 Å². The minimum atomic E-state index is -1.35. The first-order chi connectivity index (χ1) is 11.0. The van der Waals surface area contributed by atoms with E-state index in [2.05, 4.69) is 75.5 Å². The highest BCUT2D eigenvalue weighted by Crippen LogP contribution is 2.62. The van der Waals surface area contributed by atoms with Crippen LogP contribution in [0.15, 0.2) is 48.6 Å². The van der Waals surface area contributed by atoms with Crippen molar-refractivity contribution in [3.8, 4) is 0 Å². The molecule has 0 nitrogen and oxygen atoms in total. The maximum Gasteiger partial charge on any atom is 0.0553 e. The highest BCUT2D eigenvalue weighted by molar-refractivity contribution is 6.80. The van der Waals surface area contributed by atoms with Crippen molar-refractivity contribution >= 4 is 8.07 Å². The molecule has 0 spiro atoms. The molecule has 0 heterocycles. The van der Waals surface area contributed by atoms with Crippen molar-refractivity contribution in [2.24, 2.45) is 35.5 Å². The van der Waals surface area contributed by atoms with Gasteiger partial charge >= 0.3 is 0 Å². The van der Waals surface area contributed by atoms with Gasteiger partial charge in [-0.15, -0.1) is 0 Å². The molecule has 23 heavy (non-hydrogen) atoms. The summed E-state index contributed by atoms with van der Waals surface area (Å²) in [5, 5.41) is 0. The number of allylic oxidation sites excluding steroid dienone is 8. The van der Waals surface area contributed by atoms with Crippen molar-refractivity contribution < 1.29 is 0 Å². The highest BCUT2D eigenvalue weighted by Gasteiger charge is 2.56. The number of rotatable bonds is 2. The summed E-state index contributed by atoms with van der Waals surface area (Å²) in [5.74, 6) is 5.08. The highest BCUT2D eigenvalue weighted by atomic mass is 28.3. The van der Waals surface area contributed by atoms with Crippen LogP contribution >= 0.6 is 0 Å². The molecule has 2 fully saturated rings. The molecule has 8 atom stereocenters. The van der Waals surface area contributed by atoms with Crippen molar-refractivity contribution in [3.63, 3.8) is 0 Å². The molecule has 5 unspecified atom stereocenters. The molecule has 4 aliphatic carbocycles. The van der Waals surface area contributed by atoms with Crippen molar-refractivity contribution in [2.75, 3.05) is 0 Å². The second kappa shape index (κ2) is 5.62. The van der Waals surface area contributed by atoms with Gasteiger partial charge < -0.3 is 0 Å². The minimum Gasteiger partial charge on any atom is -0.0808 e. The third-order valence-electron chi connectivity index (χ3n) is 7.66. The number of hydrogen-bond donors (Lipinski definition) is 0. The molecule has 0 aromatic heterocycles. The summed E-state index contributed by atoms with van der Waals surface area (Å²) in [6.45, 7) is 10.6. The van der Waals surface area contributed by atoms with Crippen LogP contribution in [0.5, 0.6) is 0 Å². The Hall–Kier alpha value is -0.823. The van der Waals surface area contributed by atoms with Crippen LogP contribution in [-0.4, -0.2) is 8.07 Å². The summed E-state index contributed by atoms with van der Waals surface area (Å²) in [7, 11) is -1.35. The minimum absolute atomic E-state index is 0.820. The summed E-state index contributed by atoms with van der Waals surface area (Å²) in [6.07, 6.45) is 22.1. The lowest BCUT2D eigenvalue weighted by molar-refractivity contribution is 0.491. The van der Waals surface area contributed by atoms with Gasteiger partial charge in [-0.25, -0.2) is 0 Å². The Labute approximate surface area is 143 Å². The molecule has 4 rings (SSSR count). The van der Waals surface area contributed by atoms with Crippen molar-refractivity contribution in [1.29, 1.82) is 0 Å². The molecule has 2 saturated carbocycles.